The van der Waals surface area contributed by atoms with E-state index >= 15 is 0 Å². The van der Waals surface area contributed by atoms with Crippen molar-refractivity contribution in [3.05, 3.63) is 167 Å². The number of phenolic OH excluding ortho intramolecular Hbond substituents is 14. The van der Waals surface area contributed by atoms with Crippen LogP contribution in [0, 0.1) is 34.6 Å². The van der Waals surface area contributed by atoms with Gasteiger partial charge in [0.05, 0.1) is 0 Å². The molecule has 0 aliphatic carbocycles. The molecule has 0 aliphatic rings. The van der Waals surface area contributed by atoms with Crippen LogP contribution in [0.4, 0.5) is 0 Å². The standard InChI is InChI=1S/5C7H8O2.2C6H6O2/c1-5-2-6(8)4-7(9)3-5;1-5-2-3-6(8)4-7(5)9;1-5-2-3-6(8)7(9)4-5;1-5-6(8)3-2-4-7(5)9;1-5-3-2-4-6(8)7(5)9;7-5-2-1-3-6(8)4-5;7-5-3-1-2-4-6(5)8/h5*2-4,8-9H,1H3;2*1-4,7-8H. The third-order valence-corrected chi connectivity index (χ3v) is 7.58. The first-order valence-corrected chi connectivity index (χ1v) is 18.0. The van der Waals surface area contributed by atoms with Crippen LogP contribution in [-0.2, 0) is 0 Å². The fourth-order valence-electron chi connectivity index (χ4n) is 4.19. The van der Waals surface area contributed by atoms with Gasteiger partial charge in [-0.1, -0.05) is 48.5 Å². The van der Waals surface area contributed by atoms with E-state index < -0.39 is 0 Å². The van der Waals surface area contributed by atoms with Crippen molar-refractivity contribution in [2.45, 2.75) is 34.6 Å². The van der Waals surface area contributed by atoms with Crippen LogP contribution >= 0.6 is 0 Å². The zero-order valence-electron chi connectivity index (χ0n) is 34.0. The molecule has 14 heteroatoms. The van der Waals surface area contributed by atoms with Gasteiger partial charge in [-0.3, -0.25) is 0 Å². The smallest absolute Gasteiger partial charge is 0.160 e. The Labute approximate surface area is 353 Å². The van der Waals surface area contributed by atoms with Crippen molar-refractivity contribution < 1.29 is 71.5 Å². The minimum atomic E-state index is -0.0764. The molecule has 61 heavy (non-hydrogen) atoms. The van der Waals surface area contributed by atoms with Gasteiger partial charge in [0.1, 0.15) is 46.0 Å². The molecule has 0 spiro atoms. The molecule has 0 bridgehead atoms. The Morgan fingerprint density at radius 1 is 0.246 bits per heavy atom. The van der Waals surface area contributed by atoms with Gasteiger partial charge < -0.3 is 71.5 Å². The van der Waals surface area contributed by atoms with Crippen LogP contribution < -0.4 is 0 Å². The molecule has 0 unspecified atom stereocenters. The van der Waals surface area contributed by atoms with Crippen molar-refractivity contribution in [2.24, 2.45) is 0 Å². The summed E-state index contributed by atoms with van der Waals surface area (Å²) in [4.78, 5) is 0. The molecule has 324 valence electrons. The Hall–Kier alpha value is -8.26. The number of aryl methyl sites for hydroxylation is 4. The van der Waals surface area contributed by atoms with Gasteiger partial charge in [-0.25, -0.2) is 0 Å². The van der Waals surface area contributed by atoms with E-state index in [2.05, 4.69) is 0 Å². The summed E-state index contributed by atoms with van der Waals surface area (Å²) >= 11 is 0. The monoisotopic (exact) mass is 840 g/mol. The number of hydrogen-bond acceptors (Lipinski definition) is 14. The maximum atomic E-state index is 8.96. The molecule has 7 aromatic carbocycles. The molecular formula is C47H52O14. The second-order valence-electron chi connectivity index (χ2n) is 12.9. The summed E-state index contributed by atoms with van der Waals surface area (Å²) in [5.41, 5.74) is 3.78. The van der Waals surface area contributed by atoms with Crippen LogP contribution in [0.1, 0.15) is 27.8 Å². The molecule has 0 amide bonds. The highest BCUT2D eigenvalue weighted by Gasteiger charge is 1.99. The van der Waals surface area contributed by atoms with E-state index in [1.54, 1.807) is 88.4 Å². The molecule has 14 N–H and O–H groups in total. The lowest BCUT2D eigenvalue weighted by Crippen LogP contribution is -1.73. The summed E-state index contributed by atoms with van der Waals surface area (Å²) in [5.74, 6) is 0.510. The molecule has 0 atom stereocenters. The van der Waals surface area contributed by atoms with E-state index in [4.69, 9.17) is 71.5 Å². The van der Waals surface area contributed by atoms with Crippen molar-refractivity contribution in [3.8, 4) is 80.5 Å². The van der Waals surface area contributed by atoms with Crippen LogP contribution in [0.2, 0.25) is 0 Å². The second-order valence-corrected chi connectivity index (χ2v) is 12.9. The SMILES string of the molecule is Cc1c(O)cccc1O.Cc1cc(O)cc(O)c1.Cc1ccc(O)c(O)c1.Cc1ccc(O)cc1O.Cc1cccc(O)c1O.Oc1cccc(O)c1.Oc1ccccc1O. The predicted molar refractivity (Wildman–Crippen MR) is 232 cm³/mol. The Kier molecular flexibility index (Phi) is 21.5. The zero-order valence-corrected chi connectivity index (χ0v) is 34.0. The molecule has 0 saturated heterocycles. The number of hydrogen-bond donors (Lipinski definition) is 14. The van der Waals surface area contributed by atoms with Gasteiger partial charge >= 0.3 is 0 Å². The number of phenols is 14. The predicted octanol–water partition coefficient (Wildman–Crippen LogP) is 9.23. The minimum absolute atomic E-state index is 0.0301. The van der Waals surface area contributed by atoms with E-state index in [0.29, 0.717) is 11.1 Å². The molecule has 14 nitrogen and oxygen atoms in total. The van der Waals surface area contributed by atoms with Gasteiger partial charge in [-0.05, 0) is 130 Å². The third-order valence-electron chi connectivity index (χ3n) is 7.58. The van der Waals surface area contributed by atoms with Crippen LogP contribution in [0.25, 0.3) is 0 Å². The van der Waals surface area contributed by atoms with Crippen molar-refractivity contribution >= 4 is 0 Å². The van der Waals surface area contributed by atoms with Crippen LogP contribution in [0.5, 0.6) is 80.5 Å². The van der Waals surface area contributed by atoms with Crippen LogP contribution in [0.3, 0.4) is 0 Å². The lowest BCUT2D eigenvalue weighted by molar-refractivity contribution is 0.401. The fraction of sp³-hybridized carbons (Fsp3) is 0.106. The van der Waals surface area contributed by atoms with E-state index in [9.17, 15) is 0 Å². The van der Waals surface area contributed by atoms with Crippen LogP contribution in [0.15, 0.2) is 140 Å². The molecule has 0 heterocycles. The van der Waals surface area contributed by atoms with Gasteiger partial charge in [-0.15, -0.1) is 0 Å². The number of para-hydroxylation sites is 3. The third kappa shape index (κ3) is 20.6. The second kappa shape index (κ2) is 25.9. The lowest BCUT2D eigenvalue weighted by atomic mass is 10.2. The summed E-state index contributed by atoms with van der Waals surface area (Å²) < 4.78 is 0. The van der Waals surface area contributed by atoms with Crippen molar-refractivity contribution in [2.75, 3.05) is 0 Å². The van der Waals surface area contributed by atoms with E-state index in [0.717, 1.165) is 16.7 Å². The molecular weight excluding hydrogens is 789 g/mol. The Bertz CT molecular complexity index is 2170. The Morgan fingerprint density at radius 3 is 1.03 bits per heavy atom. The summed E-state index contributed by atoms with van der Waals surface area (Å²) in [6.07, 6.45) is 0. The average Bonchev–Trinajstić information content (AvgIpc) is 3.18. The molecule has 7 rings (SSSR count). The summed E-state index contributed by atoms with van der Waals surface area (Å²) in [7, 11) is 0. The maximum absolute atomic E-state index is 8.96. The first kappa shape index (κ1) is 50.8. The highest BCUT2D eigenvalue weighted by atomic mass is 16.3. The minimum Gasteiger partial charge on any atom is -0.508 e. The highest BCUT2D eigenvalue weighted by molar-refractivity contribution is 5.44. The van der Waals surface area contributed by atoms with E-state index in [1.807, 2.05) is 6.92 Å². The highest BCUT2D eigenvalue weighted by Crippen LogP contribution is 2.27. The normalized spacial score (nSPS) is 9.33. The van der Waals surface area contributed by atoms with Gasteiger partial charge in [0.15, 0.2) is 34.5 Å². The summed E-state index contributed by atoms with van der Waals surface area (Å²) in [6.45, 7) is 8.81. The first-order valence-electron chi connectivity index (χ1n) is 18.0. The number of benzene rings is 7. The zero-order chi connectivity index (χ0) is 46.2. The van der Waals surface area contributed by atoms with Crippen molar-refractivity contribution in [1.82, 2.24) is 0 Å². The molecule has 0 aromatic heterocycles. The van der Waals surface area contributed by atoms with Crippen LogP contribution in [-0.4, -0.2) is 71.5 Å². The molecule has 0 radical (unpaired) electrons. The van der Waals surface area contributed by atoms with E-state index in [1.165, 1.54) is 78.9 Å². The molecule has 0 aliphatic heterocycles. The van der Waals surface area contributed by atoms with Crippen molar-refractivity contribution in [3.63, 3.8) is 0 Å². The molecule has 0 saturated carbocycles. The van der Waals surface area contributed by atoms with Gasteiger partial charge in [0.2, 0.25) is 0 Å². The van der Waals surface area contributed by atoms with Gasteiger partial charge in [0, 0.05) is 23.8 Å². The Morgan fingerprint density at radius 2 is 0.672 bits per heavy atom. The topological polar surface area (TPSA) is 283 Å². The largest absolute Gasteiger partial charge is 0.508 e. The average molecular weight is 841 g/mol. The van der Waals surface area contributed by atoms with Crippen molar-refractivity contribution in [1.29, 1.82) is 0 Å². The first-order chi connectivity index (χ1) is 28.6. The summed E-state index contributed by atoms with van der Waals surface area (Å²) in [5, 5.41) is 123. The lowest BCUT2D eigenvalue weighted by Gasteiger charge is -1.98. The summed E-state index contributed by atoms with van der Waals surface area (Å²) in [6, 6.07) is 35.2. The van der Waals surface area contributed by atoms with E-state index in [-0.39, 0.29) is 80.5 Å². The number of aromatic hydroxyl groups is 14. The molecule has 0 fully saturated rings. The fourth-order valence-corrected chi connectivity index (χ4v) is 4.19. The Balaban J connectivity index is 0.000000356. The molecule has 7 aromatic rings. The van der Waals surface area contributed by atoms with Gasteiger partial charge in [0.25, 0.3) is 0 Å². The van der Waals surface area contributed by atoms with Gasteiger partial charge in [-0.2, -0.15) is 0 Å². The number of rotatable bonds is 0. The maximum Gasteiger partial charge on any atom is 0.160 e. The quantitative estimate of drug-likeness (QED) is 0.0634.